The van der Waals surface area contributed by atoms with Crippen molar-refractivity contribution in [3.63, 3.8) is 0 Å². The molecule has 1 aliphatic rings. The molecule has 1 saturated heterocycles. The van der Waals surface area contributed by atoms with Gasteiger partial charge in [0, 0.05) is 12.6 Å². The van der Waals surface area contributed by atoms with Gasteiger partial charge in [0.1, 0.15) is 35.1 Å². The van der Waals surface area contributed by atoms with Crippen molar-refractivity contribution in [1.82, 2.24) is 15.3 Å². The molecule has 5 N–H and O–H groups in total. The maximum Gasteiger partial charge on any atom is 0.226 e. The topological polar surface area (TPSA) is 109 Å². The van der Waals surface area contributed by atoms with Gasteiger partial charge in [0.25, 0.3) is 0 Å². The summed E-state index contributed by atoms with van der Waals surface area (Å²) in [5.41, 5.74) is 6.20. The summed E-state index contributed by atoms with van der Waals surface area (Å²) in [6.07, 6.45) is 3.49. The lowest BCUT2D eigenvalue weighted by molar-refractivity contribution is 0.389. The number of nitrogen functional groups attached to an aromatic ring is 1. The second-order valence-corrected chi connectivity index (χ2v) is 6.47. The number of nitrogens with one attached hydrogen (secondary N) is 3. The third kappa shape index (κ3) is 4.39. The second kappa shape index (κ2) is 8.29. The standard InChI is InChI=1S/C17H20ClFN6O/c18-12-7-11(1-2-13(12)19)26-16(21)14-15(20)24-9-25-17(14)23-8-10-3-5-22-6-4-10/h1-2,7,9-10,21-22H,3-6,8H2,(H3,20,23,24,25). The maximum absolute atomic E-state index is 13.3. The maximum atomic E-state index is 13.3. The molecule has 0 aliphatic carbocycles. The first-order chi connectivity index (χ1) is 12.5. The largest absolute Gasteiger partial charge is 0.439 e. The van der Waals surface area contributed by atoms with Gasteiger partial charge >= 0.3 is 0 Å². The van der Waals surface area contributed by atoms with Crippen molar-refractivity contribution >= 4 is 29.1 Å². The van der Waals surface area contributed by atoms with E-state index in [1.807, 2.05) is 0 Å². The van der Waals surface area contributed by atoms with Crippen LogP contribution in [-0.2, 0) is 0 Å². The van der Waals surface area contributed by atoms with Gasteiger partial charge < -0.3 is 21.1 Å². The highest BCUT2D eigenvalue weighted by Gasteiger charge is 2.19. The summed E-state index contributed by atoms with van der Waals surface area (Å²) in [5, 5.41) is 14.7. The Bertz CT molecular complexity index is 797. The highest BCUT2D eigenvalue weighted by molar-refractivity contribution is 6.30. The zero-order valence-electron chi connectivity index (χ0n) is 14.1. The minimum Gasteiger partial charge on any atom is -0.439 e. The summed E-state index contributed by atoms with van der Waals surface area (Å²) in [7, 11) is 0. The van der Waals surface area contributed by atoms with Gasteiger partial charge in [-0.1, -0.05) is 11.6 Å². The lowest BCUT2D eigenvalue weighted by atomic mass is 9.98. The Balaban J connectivity index is 1.74. The molecule has 1 aromatic heterocycles. The van der Waals surface area contributed by atoms with Crippen LogP contribution >= 0.6 is 11.6 Å². The molecule has 3 rings (SSSR count). The number of ether oxygens (including phenoxy) is 1. The van der Waals surface area contributed by atoms with E-state index in [2.05, 4.69) is 20.6 Å². The van der Waals surface area contributed by atoms with Crippen LogP contribution in [0.3, 0.4) is 0 Å². The highest BCUT2D eigenvalue weighted by atomic mass is 35.5. The highest BCUT2D eigenvalue weighted by Crippen LogP contribution is 2.25. The van der Waals surface area contributed by atoms with Gasteiger partial charge in [-0.2, -0.15) is 0 Å². The summed E-state index contributed by atoms with van der Waals surface area (Å²) in [6.45, 7) is 2.71. The number of halogens is 2. The fourth-order valence-electron chi connectivity index (χ4n) is 2.79. The number of anilines is 2. The molecule has 1 fully saturated rings. The van der Waals surface area contributed by atoms with Crippen LogP contribution in [0.15, 0.2) is 24.5 Å². The molecule has 0 atom stereocenters. The van der Waals surface area contributed by atoms with E-state index in [1.54, 1.807) is 0 Å². The lowest BCUT2D eigenvalue weighted by Crippen LogP contribution is -2.31. The predicted octanol–water partition coefficient (Wildman–Crippen LogP) is 2.67. The Morgan fingerprint density at radius 3 is 2.88 bits per heavy atom. The summed E-state index contributed by atoms with van der Waals surface area (Å²) < 4.78 is 18.7. The summed E-state index contributed by atoms with van der Waals surface area (Å²) in [5.74, 6) is 0.525. The van der Waals surface area contributed by atoms with Gasteiger partial charge in [0.2, 0.25) is 5.90 Å². The van der Waals surface area contributed by atoms with Crippen molar-refractivity contribution in [2.24, 2.45) is 5.92 Å². The van der Waals surface area contributed by atoms with E-state index in [-0.39, 0.29) is 28.1 Å². The lowest BCUT2D eigenvalue weighted by Gasteiger charge is -2.23. The number of nitrogens with two attached hydrogens (primary N) is 1. The van der Waals surface area contributed by atoms with Crippen molar-refractivity contribution < 1.29 is 9.13 Å². The van der Waals surface area contributed by atoms with Gasteiger partial charge in [0.05, 0.1) is 5.02 Å². The zero-order chi connectivity index (χ0) is 18.5. The van der Waals surface area contributed by atoms with Crippen LogP contribution in [0.25, 0.3) is 0 Å². The number of benzene rings is 1. The second-order valence-electron chi connectivity index (χ2n) is 6.06. The van der Waals surface area contributed by atoms with Gasteiger partial charge in [-0.3, -0.25) is 5.41 Å². The van der Waals surface area contributed by atoms with E-state index < -0.39 is 5.82 Å². The van der Waals surface area contributed by atoms with Crippen LogP contribution in [-0.4, -0.2) is 35.5 Å². The van der Waals surface area contributed by atoms with Crippen molar-refractivity contribution in [2.75, 3.05) is 30.7 Å². The van der Waals surface area contributed by atoms with Gasteiger partial charge in [0.15, 0.2) is 0 Å². The van der Waals surface area contributed by atoms with Crippen LogP contribution in [0.4, 0.5) is 16.0 Å². The molecule has 26 heavy (non-hydrogen) atoms. The predicted molar refractivity (Wildman–Crippen MR) is 99.4 cm³/mol. The number of rotatable bonds is 5. The normalized spacial score (nSPS) is 14.8. The van der Waals surface area contributed by atoms with Crippen LogP contribution in [0.5, 0.6) is 5.75 Å². The van der Waals surface area contributed by atoms with Crippen LogP contribution in [0, 0.1) is 17.1 Å². The Morgan fingerprint density at radius 1 is 1.38 bits per heavy atom. The fraction of sp³-hybridized carbons (Fsp3) is 0.353. The monoisotopic (exact) mass is 378 g/mol. The first kappa shape index (κ1) is 18.3. The smallest absolute Gasteiger partial charge is 0.226 e. The number of piperidine rings is 1. The summed E-state index contributed by atoms with van der Waals surface area (Å²) in [4.78, 5) is 8.13. The molecule has 2 aromatic rings. The molecule has 138 valence electrons. The van der Waals surface area contributed by atoms with Crippen molar-refractivity contribution in [2.45, 2.75) is 12.8 Å². The quantitative estimate of drug-likeness (QED) is 0.470. The molecule has 0 radical (unpaired) electrons. The van der Waals surface area contributed by atoms with E-state index in [4.69, 9.17) is 27.5 Å². The minimum atomic E-state index is -0.558. The molecule has 2 heterocycles. The molecule has 1 aromatic carbocycles. The van der Waals surface area contributed by atoms with Crippen LogP contribution < -0.4 is 21.1 Å². The average Bonchev–Trinajstić information content (AvgIpc) is 2.64. The van der Waals surface area contributed by atoms with Gasteiger partial charge in [-0.15, -0.1) is 0 Å². The van der Waals surface area contributed by atoms with Crippen LogP contribution in [0.2, 0.25) is 5.02 Å². The summed E-state index contributed by atoms with van der Waals surface area (Å²) in [6, 6.07) is 3.86. The third-order valence-electron chi connectivity index (χ3n) is 4.23. The Labute approximate surface area is 155 Å². The molecule has 1 aliphatic heterocycles. The SMILES string of the molecule is N=C(Oc1ccc(F)c(Cl)c1)c1c(N)ncnc1NCC1CCNCC1. The Kier molecular flexibility index (Phi) is 5.85. The molecular weight excluding hydrogens is 359 g/mol. The molecule has 0 amide bonds. The molecular formula is C17H20ClFN6O. The number of nitrogens with zero attached hydrogens (tertiary/aromatic N) is 2. The Morgan fingerprint density at radius 2 is 2.15 bits per heavy atom. The number of aromatic nitrogens is 2. The Hall–Kier alpha value is -2.45. The van der Waals surface area contributed by atoms with E-state index in [1.165, 1.54) is 24.5 Å². The fourth-order valence-corrected chi connectivity index (χ4v) is 2.96. The first-order valence-electron chi connectivity index (χ1n) is 8.31. The van der Waals surface area contributed by atoms with Crippen molar-refractivity contribution in [3.8, 4) is 5.75 Å². The van der Waals surface area contributed by atoms with Crippen molar-refractivity contribution in [1.29, 1.82) is 5.41 Å². The van der Waals surface area contributed by atoms with Crippen molar-refractivity contribution in [3.05, 3.63) is 40.9 Å². The van der Waals surface area contributed by atoms with Gasteiger partial charge in [-0.25, -0.2) is 14.4 Å². The van der Waals surface area contributed by atoms with E-state index >= 15 is 0 Å². The molecule has 0 saturated carbocycles. The van der Waals surface area contributed by atoms with E-state index in [0.717, 1.165) is 32.5 Å². The number of hydrogen-bond acceptors (Lipinski definition) is 7. The minimum absolute atomic E-state index is 0.0863. The van der Waals surface area contributed by atoms with Crippen LogP contribution in [0.1, 0.15) is 18.4 Å². The first-order valence-corrected chi connectivity index (χ1v) is 8.69. The zero-order valence-corrected chi connectivity index (χ0v) is 14.8. The summed E-state index contributed by atoms with van der Waals surface area (Å²) >= 11 is 5.75. The molecule has 9 heteroatoms. The molecule has 0 bridgehead atoms. The van der Waals surface area contributed by atoms with E-state index in [0.29, 0.717) is 11.7 Å². The average molecular weight is 379 g/mol. The molecule has 7 nitrogen and oxygen atoms in total. The number of hydrogen-bond donors (Lipinski definition) is 4. The van der Waals surface area contributed by atoms with E-state index in [9.17, 15) is 4.39 Å². The third-order valence-corrected chi connectivity index (χ3v) is 4.52. The molecule has 0 spiro atoms. The molecule has 0 unspecified atom stereocenters. The van der Waals surface area contributed by atoms with Gasteiger partial charge in [-0.05, 0) is 44.0 Å².